The number of aryl methyl sites for hydroxylation is 1. The molecule has 6 heteroatoms. The Kier molecular flexibility index (Phi) is 6.29. The number of carbonyl (C=O) groups is 2. The van der Waals surface area contributed by atoms with Crippen molar-refractivity contribution in [2.45, 2.75) is 30.7 Å². The molecule has 0 saturated heterocycles. The number of fused-ring (bicyclic) bond motifs is 1. The van der Waals surface area contributed by atoms with Gasteiger partial charge in [-0.2, -0.15) is 0 Å². The number of rotatable bonds is 5. The van der Waals surface area contributed by atoms with Gasteiger partial charge in [-0.3, -0.25) is 4.99 Å². The van der Waals surface area contributed by atoms with E-state index in [1.165, 1.54) is 14.2 Å². The number of ether oxygens (including phenoxy) is 2. The lowest BCUT2D eigenvalue weighted by Crippen LogP contribution is -2.52. The van der Waals surface area contributed by atoms with Gasteiger partial charge in [-0.15, -0.1) is 0 Å². The van der Waals surface area contributed by atoms with E-state index in [4.69, 9.17) is 9.47 Å². The zero-order valence-corrected chi connectivity index (χ0v) is 17.4. The van der Waals surface area contributed by atoms with Gasteiger partial charge in [0, 0.05) is 16.6 Å². The van der Waals surface area contributed by atoms with Crippen LogP contribution in [0.15, 0.2) is 58.0 Å². The third kappa shape index (κ3) is 3.74. The Hall–Kier alpha value is -2.47. The highest BCUT2D eigenvalue weighted by Crippen LogP contribution is 2.43. The van der Waals surface area contributed by atoms with Crippen LogP contribution in [0.1, 0.15) is 35.4 Å². The number of nitrogens with zero attached hydrogens (tertiary/aromatic N) is 1. The highest BCUT2D eigenvalue weighted by molar-refractivity contribution is 9.10. The maximum atomic E-state index is 13.0. The Morgan fingerprint density at radius 3 is 2.43 bits per heavy atom. The van der Waals surface area contributed by atoms with Gasteiger partial charge in [0.15, 0.2) is 0 Å². The van der Waals surface area contributed by atoms with E-state index in [0.717, 1.165) is 34.0 Å². The molecule has 0 aliphatic heterocycles. The average molecular weight is 444 g/mol. The van der Waals surface area contributed by atoms with Crippen LogP contribution >= 0.6 is 15.9 Å². The summed E-state index contributed by atoms with van der Waals surface area (Å²) in [6.07, 6.45) is 3.90. The molecule has 0 radical (unpaired) electrons. The quantitative estimate of drug-likeness (QED) is 0.396. The van der Waals surface area contributed by atoms with Crippen molar-refractivity contribution in [1.82, 2.24) is 0 Å². The molecule has 0 aromatic heterocycles. The minimum atomic E-state index is -1.80. The molecule has 0 spiro atoms. The zero-order chi connectivity index (χ0) is 20.1. The molecule has 1 atom stereocenters. The van der Waals surface area contributed by atoms with Crippen molar-refractivity contribution < 1.29 is 19.1 Å². The van der Waals surface area contributed by atoms with Crippen molar-refractivity contribution in [2.24, 2.45) is 4.99 Å². The first-order valence-electron chi connectivity index (χ1n) is 9.08. The molecule has 0 N–H and O–H groups in total. The van der Waals surface area contributed by atoms with Gasteiger partial charge in [-0.1, -0.05) is 52.3 Å². The molecule has 146 valence electrons. The molecule has 0 bridgehead atoms. The van der Waals surface area contributed by atoms with Crippen LogP contribution in [0.3, 0.4) is 0 Å². The van der Waals surface area contributed by atoms with Crippen molar-refractivity contribution in [1.29, 1.82) is 0 Å². The Bertz CT molecular complexity index is 879. The smallest absolute Gasteiger partial charge is 0.346 e. The predicted molar refractivity (Wildman–Crippen MR) is 111 cm³/mol. The molecule has 0 heterocycles. The lowest BCUT2D eigenvalue weighted by Gasteiger charge is -2.36. The number of methoxy groups -OCH3 is 2. The van der Waals surface area contributed by atoms with Crippen molar-refractivity contribution in [3.63, 3.8) is 0 Å². The van der Waals surface area contributed by atoms with Crippen molar-refractivity contribution in [3.8, 4) is 0 Å². The van der Waals surface area contributed by atoms with Gasteiger partial charge in [0.05, 0.1) is 14.2 Å². The summed E-state index contributed by atoms with van der Waals surface area (Å²) < 4.78 is 11.0. The van der Waals surface area contributed by atoms with Crippen LogP contribution in [0.25, 0.3) is 0 Å². The minimum Gasteiger partial charge on any atom is -0.467 e. The second-order valence-electron chi connectivity index (χ2n) is 6.71. The molecule has 0 amide bonds. The molecule has 2 aromatic carbocycles. The summed E-state index contributed by atoms with van der Waals surface area (Å²) in [6, 6.07) is 15.3. The second kappa shape index (κ2) is 8.69. The number of hydrogen-bond acceptors (Lipinski definition) is 5. The molecule has 1 aliphatic carbocycles. The van der Waals surface area contributed by atoms with Gasteiger partial charge < -0.3 is 9.47 Å². The Labute approximate surface area is 172 Å². The highest BCUT2D eigenvalue weighted by atomic mass is 79.9. The summed E-state index contributed by atoms with van der Waals surface area (Å²) in [5, 5.41) is 0. The maximum Gasteiger partial charge on any atom is 0.346 e. The number of benzene rings is 2. The number of carbonyl (C=O) groups excluding carboxylic acids is 2. The van der Waals surface area contributed by atoms with Gasteiger partial charge in [-0.05, 0) is 48.1 Å². The molecule has 0 saturated carbocycles. The number of hydrogen-bond donors (Lipinski definition) is 0. The minimum absolute atomic E-state index is 0.478. The lowest BCUT2D eigenvalue weighted by atomic mass is 9.71. The molecule has 3 rings (SSSR count). The molecular formula is C22H22BrNO4. The van der Waals surface area contributed by atoms with E-state index in [-0.39, 0.29) is 0 Å². The SMILES string of the molecule is COC(=O)C(/N=C/c1ccccc1)(C(=O)OC)[C@H]1CCCc2ccc(Br)cc21. The molecule has 0 unspecified atom stereocenters. The van der Waals surface area contributed by atoms with E-state index in [1.54, 1.807) is 6.21 Å². The Morgan fingerprint density at radius 1 is 1.11 bits per heavy atom. The summed E-state index contributed by atoms with van der Waals surface area (Å²) in [6.45, 7) is 0. The summed E-state index contributed by atoms with van der Waals surface area (Å²) >= 11 is 3.50. The fourth-order valence-corrected chi connectivity index (χ4v) is 4.17. The van der Waals surface area contributed by atoms with Crippen molar-refractivity contribution in [2.75, 3.05) is 14.2 Å². The number of halogens is 1. The molecular weight excluding hydrogens is 422 g/mol. The number of esters is 2. The van der Waals surface area contributed by atoms with Gasteiger partial charge >= 0.3 is 11.9 Å². The highest BCUT2D eigenvalue weighted by Gasteiger charge is 2.56. The summed E-state index contributed by atoms with van der Waals surface area (Å²) in [4.78, 5) is 30.5. The fraction of sp³-hybridized carbons (Fsp3) is 0.318. The first-order chi connectivity index (χ1) is 13.5. The molecule has 0 fully saturated rings. The molecule has 28 heavy (non-hydrogen) atoms. The molecule has 5 nitrogen and oxygen atoms in total. The monoisotopic (exact) mass is 443 g/mol. The first-order valence-corrected chi connectivity index (χ1v) is 9.87. The summed E-state index contributed by atoms with van der Waals surface area (Å²) in [7, 11) is 2.53. The topological polar surface area (TPSA) is 65.0 Å². The standard InChI is InChI=1S/C22H22BrNO4/c1-27-20(25)22(21(26)28-2,24-14-15-7-4-3-5-8-15)19-10-6-9-16-11-12-17(23)13-18(16)19/h3-5,7-8,11-14,19H,6,9-10H2,1-2H3/b24-14+/t19-/m0/s1. The van der Waals surface area contributed by atoms with Crippen LogP contribution in [0, 0.1) is 0 Å². The van der Waals surface area contributed by atoms with E-state index in [1.807, 2.05) is 48.5 Å². The van der Waals surface area contributed by atoms with Crippen LogP contribution in [0.4, 0.5) is 0 Å². The van der Waals surface area contributed by atoms with Crippen molar-refractivity contribution in [3.05, 3.63) is 69.7 Å². The van der Waals surface area contributed by atoms with Gasteiger partial charge in [0.25, 0.3) is 5.54 Å². The van der Waals surface area contributed by atoms with Crippen LogP contribution in [0.5, 0.6) is 0 Å². The van der Waals surface area contributed by atoms with E-state index in [2.05, 4.69) is 20.9 Å². The summed E-state index contributed by atoms with van der Waals surface area (Å²) in [5.74, 6) is -1.91. The van der Waals surface area contributed by atoms with E-state index in [0.29, 0.717) is 6.42 Å². The van der Waals surface area contributed by atoms with E-state index in [9.17, 15) is 9.59 Å². The molecule has 1 aliphatic rings. The predicted octanol–water partition coefficient (Wildman–Crippen LogP) is 4.07. The molecule has 2 aromatic rings. The fourth-order valence-electron chi connectivity index (χ4n) is 3.79. The average Bonchev–Trinajstić information content (AvgIpc) is 2.74. The van der Waals surface area contributed by atoms with Gasteiger partial charge in [0.1, 0.15) is 0 Å². The normalized spacial score (nSPS) is 16.5. The maximum absolute atomic E-state index is 13.0. The first kappa shape index (κ1) is 20.3. The van der Waals surface area contributed by atoms with E-state index < -0.39 is 23.4 Å². The Morgan fingerprint density at radius 2 is 1.79 bits per heavy atom. The second-order valence-corrected chi connectivity index (χ2v) is 7.62. The van der Waals surface area contributed by atoms with Crippen LogP contribution in [0.2, 0.25) is 0 Å². The van der Waals surface area contributed by atoms with Gasteiger partial charge in [-0.25, -0.2) is 9.59 Å². The Balaban J connectivity index is 2.19. The lowest BCUT2D eigenvalue weighted by molar-refractivity contribution is -0.162. The van der Waals surface area contributed by atoms with Crippen LogP contribution in [-0.2, 0) is 25.5 Å². The van der Waals surface area contributed by atoms with Crippen molar-refractivity contribution >= 4 is 34.1 Å². The van der Waals surface area contributed by atoms with Crippen LogP contribution in [-0.4, -0.2) is 37.9 Å². The third-order valence-corrected chi connectivity index (χ3v) is 5.63. The number of aliphatic imine (C=N–C) groups is 1. The third-order valence-electron chi connectivity index (χ3n) is 5.14. The summed E-state index contributed by atoms with van der Waals surface area (Å²) in [5.41, 5.74) is 1.01. The van der Waals surface area contributed by atoms with Crippen LogP contribution < -0.4 is 0 Å². The van der Waals surface area contributed by atoms with E-state index >= 15 is 0 Å². The van der Waals surface area contributed by atoms with Gasteiger partial charge in [0.2, 0.25) is 0 Å². The zero-order valence-electron chi connectivity index (χ0n) is 15.9. The largest absolute Gasteiger partial charge is 0.467 e.